The molecule has 1 aromatic carbocycles. The minimum atomic E-state index is -1.30. The zero-order valence-corrected chi connectivity index (χ0v) is 16.8. The molecule has 2 aliphatic rings. The van der Waals surface area contributed by atoms with E-state index in [-0.39, 0.29) is 0 Å². The average Bonchev–Trinajstić information content (AvgIpc) is 3.13. The molecule has 2 aliphatic heterocycles. The van der Waals surface area contributed by atoms with Crippen molar-refractivity contribution >= 4 is 27.6 Å². The van der Waals surface area contributed by atoms with Gasteiger partial charge in [-0.3, -0.25) is 8.96 Å². The second kappa shape index (κ2) is 7.28. The maximum Gasteiger partial charge on any atom is 0.157 e. The highest BCUT2D eigenvalue weighted by atomic mass is 32.2. The van der Waals surface area contributed by atoms with Gasteiger partial charge in [0.2, 0.25) is 0 Å². The molecule has 144 valence electrons. The molecule has 0 saturated carbocycles. The van der Waals surface area contributed by atoms with Crippen molar-refractivity contribution < 1.29 is 4.21 Å². The molecule has 0 radical (unpaired) electrons. The summed E-state index contributed by atoms with van der Waals surface area (Å²) in [5.74, 6) is 0. The van der Waals surface area contributed by atoms with Crippen LogP contribution in [-0.4, -0.2) is 44.7 Å². The Morgan fingerprint density at radius 1 is 1.18 bits per heavy atom. The summed E-state index contributed by atoms with van der Waals surface area (Å²) in [4.78, 5) is 7.84. The Morgan fingerprint density at radius 3 is 2.96 bits per heavy atom. The van der Waals surface area contributed by atoms with Gasteiger partial charge in [-0.1, -0.05) is 18.2 Å². The third kappa shape index (κ3) is 3.02. The van der Waals surface area contributed by atoms with Crippen molar-refractivity contribution in [1.82, 2.24) is 19.2 Å². The predicted molar refractivity (Wildman–Crippen MR) is 113 cm³/mol. The van der Waals surface area contributed by atoms with Crippen LogP contribution in [0.25, 0.3) is 16.6 Å². The first-order valence-electron chi connectivity index (χ1n) is 9.80. The highest BCUT2D eigenvalue weighted by Crippen LogP contribution is 2.32. The van der Waals surface area contributed by atoms with E-state index in [0.29, 0.717) is 0 Å². The molecule has 0 saturated heterocycles. The number of aromatic nitrogens is 2. The number of fused-ring (bicyclic) bond motifs is 2. The molecular weight excluding hydrogens is 368 g/mol. The Morgan fingerprint density at radius 2 is 2.11 bits per heavy atom. The first kappa shape index (κ1) is 17.8. The maximum atomic E-state index is 13.7. The van der Waals surface area contributed by atoms with Crippen LogP contribution in [0.5, 0.6) is 0 Å². The SMILES string of the molecule is CN1CCc2cccc(S(=O)n3cc(C4=CCNCC4)c4ncccc43)c2C1. The van der Waals surface area contributed by atoms with Crippen LogP contribution in [0.2, 0.25) is 0 Å². The van der Waals surface area contributed by atoms with Crippen LogP contribution in [0.4, 0.5) is 0 Å². The van der Waals surface area contributed by atoms with Gasteiger partial charge in [-0.15, -0.1) is 0 Å². The second-order valence-corrected chi connectivity index (χ2v) is 8.89. The third-order valence-corrected chi connectivity index (χ3v) is 7.14. The second-order valence-electron chi connectivity index (χ2n) is 7.55. The van der Waals surface area contributed by atoms with E-state index < -0.39 is 11.0 Å². The molecule has 0 aliphatic carbocycles. The molecular formula is C22H24N4OS. The summed E-state index contributed by atoms with van der Waals surface area (Å²) in [5.41, 5.74) is 6.78. The number of hydrogen-bond donors (Lipinski definition) is 1. The number of nitrogens with one attached hydrogen (secondary N) is 1. The lowest BCUT2D eigenvalue weighted by Crippen LogP contribution is -2.28. The number of pyridine rings is 1. The Labute approximate surface area is 167 Å². The summed E-state index contributed by atoms with van der Waals surface area (Å²) >= 11 is 0. The first-order valence-corrected chi connectivity index (χ1v) is 10.9. The molecule has 2 aromatic heterocycles. The molecule has 1 unspecified atom stereocenters. The minimum Gasteiger partial charge on any atom is -0.313 e. The van der Waals surface area contributed by atoms with Crippen molar-refractivity contribution in [2.45, 2.75) is 24.3 Å². The Hall–Kier alpha value is -2.28. The largest absolute Gasteiger partial charge is 0.313 e. The lowest BCUT2D eigenvalue weighted by atomic mass is 10.0. The lowest BCUT2D eigenvalue weighted by molar-refractivity contribution is 0.309. The highest BCUT2D eigenvalue weighted by molar-refractivity contribution is 7.83. The van der Waals surface area contributed by atoms with Crippen LogP contribution >= 0.6 is 0 Å². The molecule has 5 rings (SSSR count). The summed E-state index contributed by atoms with van der Waals surface area (Å²) in [5, 5.41) is 3.36. The Balaban J connectivity index is 1.65. The van der Waals surface area contributed by atoms with Gasteiger partial charge in [-0.2, -0.15) is 0 Å². The van der Waals surface area contributed by atoms with Crippen LogP contribution in [-0.2, 0) is 24.0 Å². The summed E-state index contributed by atoms with van der Waals surface area (Å²) < 4.78 is 15.6. The van der Waals surface area contributed by atoms with E-state index >= 15 is 0 Å². The molecule has 4 heterocycles. The fraction of sp³-hybridized carbons (Fsp3) is 0.318. The van der Waals surface area contributed by atoms with Gasteiger partial charge in [0.15, 0.2) is 11.0 Å². The zero-order chi connectivity index (χ0) is 19.1. The molecule has 5 nitrogen and oxygen atoms in total. The molecule has 1 N–H and O–H groups in total. The Kier molecular flexibility index (Phi) is 4.62. The third-order valence-electron chi connectivity index (χ3n) is 5.72. The van der Waals surface area contributed by atoms with E-state index in [9.17, 15) is 4.21 Å². The van der Waals surface area contributed by atoms with E-state index in [0.717, 1.165) is 60.5 Å². The van der Waals surface area contributed by atoms with Crippen LogP contribution < -0.4 is 5.32 Å². The van der Waals surface area contributed by atoms with Crippen LogP contribution in [0.3, 0.4) is 0 Å². The van der Waals surface area contributed by atoms with Crippen LogP contribution in [0, 0.1) is 0 Å². The van der Waals surface area contributed by atoms with Gasteiger partial charge in [0, 0.05) is 37.6 Å². The van der Waals surface area contributed by atoms with Gasteiger partial charge in [-0.05, 0) is 61.3 Å². The molecule has 0 fully saturated rings. The van der Waals surface area contributed by atoms with E-state index in [1.54, 1.807) is 0 Å². The van der Waals surface area contributed by atoms with Gasteiger partial charge in [0.05, 0.1) is 15.9 Å². The van der Waals surface area contributed by atoms with Crippen molar-refractivity contribution in [2.75, 3.05) is 26.7 Å². The number of likely N-dealkylation sites (N-methyl/N-ethyl adjacent to an activating group) is 1. The standard InChI is InChI=1S/C22H24N4OS/c1-25-13-9-16-4-2-6-21(18(16)14-25)28(27)26-15-19(17-7-11-23-12-8-17)22-20(26)5-3-10-24-22/h2-7,10,15,23H,8-9,11-14H2,1H3. The number of benzene rings is 1. The van der Waals surface area contributed by atoms with Gasteiger partial charge < -0.3 is 10.2 Å². The molecule has 0 spiro atoms. The number of nitrogens with zero attached hydrogens (tertiary/aromatic N) is 3. The van der Waals surface area contributed by atoms with Gasteiger partial charge in [-0.25, -0.2) is 4.21 Å². The van der Waals surface area contributed by atoms with Gasteiger partial charge in [0.25, 0.3) is 0 Å². The molecule has 0 amide bonds. The predicted octanol–water partition coefficient (Wildman–Crippen LogP) is 2.97. The van der Waals surface area contributed by atoms with Crippen molar-refractivity contribution in [1.29, 1.82) is 0 Å². The van der Waals surface area contributed by atoms with Crippen LogP contribution in [0.1, 0.15) is 23.1 Å². The van der Waals surface area contributed by atoms with Crippen molar-refractivity contribution in [3.63, 3.8) is 0 Å². The van der Waals surface area contributed by atoms with Gasteiger partial charge in [0.1, 0.15) is 0 Å². The normalized spacial score (nSPS) is 18.7. The van der Waals surface area contributed by atoms with E-state index in [1.165, 1.54) is 16.7 Å². The van der Waals surface area contributed by atoms with Crippen LogP contribution in [0.15, 0.2) is 53.7 Å². The Bertz CT molecular complexity index is 1100. The number of hydrogen-bond acceptors (Lipinski definition) is 4. The summed E-state index contributed by atoms with van der Waals surface area (Å²) in [6.07, 6.45) is 8.06. The van der Waals surface area contributed by atoms with Crippen molar-refractivity contribution in [3.8, 4) is 0 Å². The maximum absolute atomic E-state index is 13.7. The summed E-state index contributed by atoms with van der Waals surface area (Å²) in [7, 11) is 0.822. The smallest absolute Gasteiger partial charge is 0.157 e. The monoisotopic (exact) mass is 392 g/mol. The summed E-state index contributed by atoms with van der Waals surface area (Å²) in [6.45, 7) is 3.73. The zero-order valence-electron chi connectivity index (χ0n) is 16.0. The minimum absolute atomic E-state index is 0.846. The molecule has 0 bridgehead atoms. The van der Waals surface area contributed by atoms with Crippen molar-refractivity contribution in [3.05, 3.63) is 65.5 Å². The molecule has 3 aromatic rings. The molecule has 6 heteroatoms. The quantitative estimate of drug-likeness (QED) is 0.745. The van der Waals surface area contributed by atoms with Crippen molar-refractivity contribution in [2.24, 2.45) is 0 Å². The van der Waals surface area contributed by atoms with Gasteiger partial charge >= 0.3 is 0 Å². The van der Waals surface area contributed by atoms with E-state index in [2.05, 4.69) is 34.4 Å². The topological polar surface area (TPSA) is 50.2 Å². The van der Waals surface area contributed by atoms with E-state index in [1.807, 2.05) is 40.6 Å². The first-order chi connectivity index (χ1) is 13.7. The average molecular weight is 393 g/mol. The fourth-order valence-corrected chi connectivity index (χ4v) is 5.56. The highest BCUT2D eigenvalue weighted by Gasteiger charge is 2.23. The summed E-state index contributed by atoms with van der Waals surface area (Å²) in [6, 6.07) is 10.2. The fourth-order valence-electron chi connectivity index (χ4n) is 4.22. The van der Waals surface area contributed by atoms with E-state index in [4.69, 9.17) is 0 Å². The molecule has 1 atom stereocenters. The molecule has 28 heavy (non-hydrogen) atoms. The number of rotatable bonds is 3. The lowest BCUT2D eigenvalue weighted by Gasteiger charge is -2.26.